The van der Waals surface area contributed by atoms with Crippen molar-refractivity contribution in [2.45, 2.75) is 31.8 Å². The van der Waals surface area contributed by atoms with E-state index in [0.717, 1.165) is 37.9 Å². The van der Waals surface area contributed by atoms with Crippen LogP contribution in [0.5, 0.6) is 0 Å². The van der Waals surface area contributed by atoms with E-state index in [-0.39, 0.29) is 6.10 Å². The molecule has 1 aromatic rings. The third-order valence-electron chi connectivity index (χ3n) is 3.90. The second-order valence-corrected chi connectivity index (χ2v) is 5.19. The van der Waals surface area contributed by atoms with E-state index in [4.69, 9.17) is 9.47 Å². The van der Waals surface area contributed by atoms with Gasteiger partial charge in [0.1, 0.15) is 0 Å². The monoisotopic (exact) mass is 264 g/mol. The Hall–Kier alpha value is -0.900. The van der Waals surface area contributed by atoms with Crippen LogP contribution in [0.3, 0.4) is 0 Å². The van der Waals surface area contributed by atoms with Gasteiger partial charge in [-0.2, -0.15) is 0 Å². The van der Waals surface area contributed by atoms with Gasteiger partial charge in [0.05, 0.1) is 19.3 Å². The second kappa shape index (κ2) is 7.63. The minimum atomic E-state index is -0.302. The summed E-state index contributed by atoms with van der Waals surface area (Å²) in [4.78, 5) is 0. The molecule has 0 saturated heterocycles. The SMILES string of the molecule is COCCOCCCC1CCc2ccccc2C1O. The minimum absolute atomic E-state index is 0.302. The van der Waals surface area contributed by atoms with Gasteiger partial charge in [-0.3, -0.25) is 0 Å². The number of rotatable bonds is 7. The van der Waals surface area contributed by atoms with E-state index in [1.807, 2.05) is 6.07 Å². The van der Waals surface area contributed by atoms with Crippen molar-refractivity contribution in [2.75, 3.05) is 26.9 Å². The van der Waals surface area contributed by atoms with Gasteiger partial charge in [-0.05, 0) is 42.7 Å². The van der Waals surface area contributed by atoms with E-state index >= 15 is 0 Å². The summed E-state index contributed by atoms with van der Waals surface area (Å²) in [6.07, 6.45) is 3.90. The van der Waals surface area contributed by atoms with Crippen molar-refractivity contribution in [2.24, 2.45) is 5.92 Å². The Balaban J connectivity index is 1.74. The molecule has 19 heavy (non-hydrogen) atoms. The molecule has 0 aliphatic heterocycles. The smallest absolute Gasteiger partial charge is 0.0820 e. The van der Waals surface area contributed by atoms with E-state index in [2.05, 4.69) is 18.2 Å². The normalized spacial score (nSPS) is 22.2. The van der Waals surface area contributed by atoms with Gasteiger partial charge in [0.15, 0.2) is 0 Å². The molecule has 2 atom stereocenters. The Morgan fingerprint density at radius 1 is 1.21 bits per heavy atom. The van der Waals surface area contributed by atoms with Gasteiger partial charge < -0.3 is 14.6 Å². The molecule has 0 heterocycles. The zero-order chi connectivity index (χ0) is 13.5. The van der Waals surface area contributed by atoms with Crippen molar-refractivity contribution in [3.63, 3.8) is 0 Å². The van der Waals surface area contributed by atoms with Crippen molar-refractivity contribution in [3.8, 4) is 0 Å². The van der Waals surface area contributed by atoms with Gasteiger partial charge >= 0.3 is 0 Å². The van der Waals surface area contributed by atoms with Crippen LogP contribution in [0.2, 0.25) is 0 Å². The lowest BCUT2D eigenvalue weighted by Crippen LogP contribution is -2.21. The minimum Gasteiger partial charge on any atom is -0.388 e. The summed E-state index contributed by atoms with van der Waals surface area (Å²) in [7, 11) is 1.68. The van der Waals surface area contributed by atoms with Crippen LogP contribution in [0.15, 0.2) is 24.3 Å². The number of aliphatic hydroxyl groups is 1. The van der Waals surface area contributed by atoms with Crippen LogP contribution >= 0.6 is 0 Å². The quantitative estimate of drug-likeness (QED) is 0.770. The number of aliphatic hydroxyl groups excluding tert-OH is 1. The summed E-state index contributed by atoms with van der Waals surface area (Å²) >= 11 is 0. The average Bonchev–Trinajstić information content (AvgIpc) is 2.45. The number of hydrogen-bond donors (Lipinski definition) is 1. The highest BCUT2D eigenvalue weighted by molar-refractivity contribution is 5.31. The number of hydrogen-bond acceptors (Lipinski definition) is 3. The van der Waals surface area contributed by atoms with E-state index in [0.29, 0.717) is 19.1 Å². The van der Waals surface area contributed by atoms with Crippen LogP contribution in [0.1, 0.15) is 36.5 Å². The van der Waals surface area contributed by atoms with Crippen LogP contribution in [0.25, 0.3) is 0 Å². The molecule has 1 aliphatic rings. The van der Waals surface area contributed by atoms with Crippen LogP contribution in [-0.4, -0.2) is 32.0 Å². The van der Waals surface area contributed by atoms with E-state index in [9.17, 15) is 5.11 Å². The second-order valence-electron chi connectivity index (χ2n) is 5.19. The maximum Gasteiger partial charge on any atom is 0.0820 e. The molecule has 3 nitrogen and oxygen atoms in total. The molecule has 0 radical (unpaired) electrons. The van der Waals surface area contributed by atoms with E-state index in [1.54, 1.807) is 7.11 Å². The van der Waals surface area contributed by atoms with Gasteiger partial charge in [0.2, 0.25) is 0 Å². The highest BCUT2D eigenvalue weighted by atomic mass is 16.5. The van der Waals surface area contributed by atoms with Crippen LogP contribution in [-0.2, 0) is 15.9 Å². The van der Waals surface area contributed by atoms with Crippen molar-refractivity contribution in [1.29, 1.82) is 0 Å². The topological polar surface area (TPSA) is 38.7 Å². The maximum atomic E-state index is 10.4. The van der Waals surface area contributed by atoms with Gasteiger partial charge in [0, 0.05) is 13.7 Å². The Bertz CT molecular complexity index is 378. The molecule has 2 rings (SSSR count). The fraction of sp³-hybridized carbons (Fsp3) is 0.625. The Morgan fingerprint density at radius 3 is 2.89 bits per heavy atom. The summed E-state index contributed by atoms with van der Waals surface area (Å²) < 4.78 is 10.4. The fourth-order valence-electron chi connectivity index (χ4n) is 2.80. The largest absolute Gasteiger partial charge is 0.388 e. The van der Waals surface area contributed by atoms with Crippen molar-refractivity contribution in [1.82, 2.24) is 0 Å². The number of ether oxygens (including phenoxy) is 2. The van der Waals surface area contributed by atoms with E-state index in [1.165, 1.54) is 5.56 Å². The first-order valence-electron chi connectivity index (χ1n) is 7.15. The third kappa shape index (κ3) is 4.03. The summed E-state index contributed by atoms with van der Waals surface area (Å²) in [5.74, 6) is 0.376. The lowest BCUT2D eigenvalue weighted by molar-refractivity contribution is 0.0544. The summed E-state index contributed by atoms with van der Waals surface area (Å²) in [6.45, 7) is 2.07. The number of methoxy groups -OCH3 is 1. The first-order chi connectivity index (χ1) is 9.33. The molecule has 0 bridgehead atoms. The molecule has 2 unspecified atom stereocenters. The predicted octanol–water partition coefficient (Wildman–Crippen LogP) is 2.73. The standard InChI is InChI=1S/C16H24O3/c1-18-11-12-19-10-4-6-14-9-8-13-5-2-3-7-15(13)16(14)17/h2-3,5,7,14,16-17H,4,6,8-12H2,1H3. The summed E-state index contributed by atoms with van der Waals surface area (Å²) in [6, 6.07) is 8.25. The molecule has 0 amide bonds. The van der Waals surface area contributed by atoms with Gasteiger partial charge in [0.25, 0.3) is 0 Å². The van der Waals surface area contributed by atoms with Gasteiger partial charge in [-0.1, -0.05) is 24.3 Å². The number of fused-ring (bicyclic) bond motifs is 1. The van der Waals surface area contributed by atoms with Crippen molar-refractivity contribution < 1.29 is 14.6 Å². The highest BCUT2D eigenvalue weighted by Crippen LogP contribution is 2.36. The summed E-state index contributed by atoms with van der Waals surface area (Å²) in [5.41, 5.74) is 2.43. The highest BCUT2D eigenvalue weighted by Gasteiger charge is 2.26. The Labute approximate surface area is 115 Å². The predicted molar refractivity (Wildman–Crippen MR) is 75.1 cm³/mol. The maximum absolute atomic E-state index is 10.4. The first-order valence-corrected chi connectivity index (χ1v) is 7.15. The zero-order valence-corrected chi connectivity index (χ0v) is 11.7. The van der Waals surface area contributed by atoms with Crippen molar-refractivity contribution in [3.05, 3.63) is 35.4 Å². The van der Waals surface area contributed by atoms with Crippen LogP contribution < -0.4 is 0 Å². The molecule has 0 fully saturated rings. The molecule has 0 spiro atoms. The molecular formula is C16H24O3. The van der Waals surface area contributed by atoms with Gasteiger partial charge in [-0.15, -0.1) is 0 Å². The van der Waals surface area contributed by atoms with Crippen LogP contribution in [0, 0.1) is 5.92 Å². The zero-order valence-electron chi connectivity index (χ0n) is 11.7. The fourth-order valence-corrected chi connectivity index (χ4v) is 2.80. The lowest BCUT2D eigenvalue weighted by Gasteiger charge is -2.30. The molecule has 0 aromatic heterocycles. The Morgan fingerprint density at radius 2 is 2.05 bits per heavy atom. The van der Waals surface area contributed by atoms with E-state index < -0.39 is 0 Å². The molecule has 1 aromatic carbocycles. The molecule has 3 heteroatoms. The molecule has 0 saturated carbocycles. The third-order valence-corrected chi connectivity index (χ3v) is 3.90. The van der Waals surface area contributed by atoms with Gasteiger partial charge in [-0.25, -0.2) is 0 Å². The van der Waals surface area contributed by atoms with Crippen LogP contribution in [0.4, 0.5) is 0 Å². The summed E-state index contributed by atoms with van der Waals surface area (Å²) in [5, 5.41) is 10.4. The molecule has 1 N–H and O–H groups in total. The first kappa shape index (κ1) is 14.5. The van der Waals surface area contributed by atoms with Crippen molar-refractivity contribution >= 4 is 0 Å². The molecule has 106 valence electrons. The number of aryl methyl sites for hydroxylation is 1. The average molecular weight is 264 g/mol. The molecule has 1 aliphatic carbocycles. The molecular weight excluding hydrogens is 240 g/mol. The Kier molecular flexibility index (Phi) is 5.83. The number of benzene rings is 1. The lowest BCUT2D eigenvalue weighted by atomic mass is 9.79.